The summed E-state index contributed by atoms with van der Waals surface area (Å²) < 4.78 is 1.09. The summed E-state index contributed by atoms with van der Waals surface area (Å²) in [5.74, 6) is -0.181. The Hall–Kier alpha value is -3.88. The predicted octanol–water partition coefficient (Wildman–Crippen LogP) is 2.04. The number of H-pyrrole nitrogens is 1. The number of hydrogen-bond donors (Lipinski definition) is 1. The molecule has 176 valence electrons. The highest BCUT2D eigenvalue weighted by Gasteiger charge is 2.28. The number of amides is 3. The molecule has 0 aliphatic carbocycles. The average Bonchev–Trinajstić information content (AvgIpc) is 2.89. The smallest absolute Gasteiger partial charge is 0.333 e. The van der Waals surface area contributed by atoms with Gasteiger partial charge in [-0.2, -0.15) is 0 Å². The molecule has 5 rings (SSSR count). The first-order chi connectivity index (χ1) is 16.5. The number of para-hydroxylation sites is 1. The Labute approximate surface area is 196 Å². The van der Waals surface area contributed by atoms with Gasteiger partial charge in [-0.1, -0.05) is 18.2 Å². The van der Waals surface area contributed by atoms with E-state index in [1.165, 1.54) is 6.42 Å². The van der Waals surface area contributed by atoms with Gasteiger partial charge in [-0.3, -0.25) is 9.59 Å². The second-order valence-electron chi connectivity index (χ2n) is 8.78. The lowest BCUT2D eigenvalue weighted by Gasteiger charge is -2.38. The van der Waals surface area contributed by atoms with Gasteiger partial charge in [0, 0.05) is 44.8 Å². The number of likely N-dealkylation sites (tertiary alicyclic amines) is 1. The van der Waals surface area contributed by atoms with Crippen molar-refractivity contribution in [2.45, 2.75) is 19.3 Å². The number of aromatic amines is 1. The van der Waals surface area contributed by atoms with Gasteiger partial charge in [0.15, 0.2) is 0 Å². The van der Waals surface area contributed by atoms with Crippen molar-refractivity contribution < 1.29 is 9.59 Å². The molecule has 2 fully saturated rings. The lowest BCUT2D eigenvalue weighted by Crippen LogP contribution is -2.54. The van der Waals surface area contributed by atoms with Gasteiger partial charge in [-0.25, -0.2) is 14.2 Å². The van der Waals surface area contributed by atoms with Gasteiger partial charge in [-0.05, 0) is 49.6 Å². The van der Waals surface area contributed by atoms with Crippen LogP contribution in [-0.2, 0) is 0 Å². The third kappa shape index (κ3) is 4.09. The first-order valence-electron chi connectivity index (χ1n) is 11.7. The largest absolute Gasteiger partial charge is 0.335 e. The highest BCUT2D eigenvalue weighted by molar-refractivity contribution is 5.97. The number of aromatic nitrogens is 2. The lowest BCUT2D eigenvalue weighted by molar-refractivity contribution is 0.0633. The molecule has 2 aliphatic heterocycles. The summed E-state index contributed by atoms with van der Waals surface area (Å²) in [6, 6.07) is 13.5. The zero-order valence-corrected chi connectivity index (χ0v) is 18.9. The molecular formula is C25H27N5O4. The molecule has 1 N–H and O–H groups in total. The molecule has 0 radical (unpaired) electrons. The van der Waals surface area contributed by atoms with E-state index in [0.29, 0.717) is 48.3 Å². The number of piperidine rings is 1. The van der Waals surface area contributed by atoms with Gasteiger partial charge in [-0.15, -0.1) is 0 Å². The Kier molecular flexibility index (Phi) is 5.91. The third-order valence-corrected chi connectivity index (χ3v) is 6.62. The summed E-state index contributed by atoms with van der Waals surface area (Å²) in [5.41, 5.74) is 0.211. The van der Waals surface area contributed by atoms with Crippen molar-refractivity contribution in [2.24, 2.45) is 0 Å². The zero-order chi connectivity index (χ0) is 23.7. The minimum absolute atomic E-state index is 0.0600. The van der Waals surface area contributed by atoms with E-state index in [2.05, 4.69) is 4.98 Å². The standard InChI is InChI=1S/C25H27N5O4/c31-22(27-13-15-29(16-14-27)25(34)28-11-5-2-6-12-28)18-9-10-20-21(17-18)26-24(33)30(23(20)32)19-7-3-1-4-8-19/h1,3-4,7-10,17H,2,5-6,11-16H2,(H,26,33). The summed E-state index contributed by atoms with van der Waals surface area (Å²) in [6.45, 7) is 3.49. The Morgan fingerprint density at radius 1 is 0.735 bits per heavy atom. The molecule has 0 unspecified atom stereocenters. The molecule has 1 aromatic heterocycles. The molecule has 34 heavy (non-hydrogen) atoms. The van der Waals surface area contributed by atoms with Crippen LogP contribution in [0.25, 0.3) is 16.6 Å². The van der Waals surface area contributed by atoms with Crippen molar-refractivity contribution in [1.29, 1.82) is 0 Å². The fourth-order valence-corrected chi connectivity index (χ4v) is 4.73. The number of rotatable bonds is 2. The van der Waals surface area contributed by atoms with Crippen LogP contribution in [-0.4, -0.2) is 75.5 Å². The van der Waals surface area contributed by atoms with Gasteiger partial charge in [0.25, 0.3) is 11.5 Å². The number of urea groups is 1. The van der Waals surface area contributed by atoms with Crippen molar-refractivity contribution in [3.05, 3.63) is 74.9 Å². The maximum atomic E-state index is 13.1. The van der Waals surface area contributed by atoms with Gasteiger partial charge in [0.05, 0.1) is 16.6 Å². The second kappa shape index (κ2) is 9.17. The highest BCUT2D eigenvalue weighted by Crippen LogP contribution is 2.16. The maximum absolute atomic E-state index is 13.1. The minimum Gasteiger partial charge on any atom is -0.335 e. The molecule has 0 bridgehead atoms. The number of nitrogens with zero attached hydrogens (tertiary/aromatic N) is 4. The first-order valence-corrected chi connectivity index (χ1v) is 11.7. The average molecular weight is 462 g/mol. The van der Waals surface area contributed by atoms with Crippen molar-refractivity contribution in [2.75, 3.05) is 39.3 Å². The lowest BCUT2D eigenvalue weighted by atomic mass is 10.1. The van der Waals surface area contributed by atoms with Crippen molar-refractivity contribution in [1.82, 2.24) is 24.3 Å². The monoisotopic (exact) mass is 461 g/mol. The number of carbonyl (C=O) groups excluding carboxylic acids is 2. The van der Waals surface area contributed by atoms with Crippen LogP contribution in [0.15, 0.2) is 58.1 Å². The van der Waals surface area contributed by atoms with Gasteiger partial charge >= 0.3 is 11.7 Å². The van der Waals surface area contributed by atoms with E-state index < -0.39 is 11.2 Å². The third-order valence-electron chi connectivity index (χ3n) is 6.62. The summed E-state index contributed by atoms with van der Waals surface area (Å²) in [4.78, 5) is 59.6. The molecular weight excluding hydrogens is 434 g/mol. The Morgan fingerprint density at radius 3 is 2.09 bits per heavy atom. The summed E-state index contributed by atoms with van der Waals surface area (Å²) in [6.07, 6.45) is 3.26. The van der Waals surface area contributed by atoms with Crippen LogP contribution in [0.4, 0.5) is 4.79 Å². The van der Waals surface area contributed by atoms with E-state index in [1.54, 1.807) is 47.4 Å². The molecule has 3 amide bonds. The van der Waals surface area contributed by atoms with Gasteiger partial charge in [0.2, 0.25) is 0 Å². The van der Waals surface area contributed by atoms with Crippen LogP contribution in [0.2, 0.25) is 0 Å². The number of piperazine rings is 1. The molecule has 3 aromatic rings. The maximum Gasteiger partial charge on any atom is 0.333 e. The molecule has 9 nitrogen and oxygen atoms in total. The molecule has 9 heteroatoms. The fraction of sp³-hybridized carbons (Fsp3) is 0.360. The summed E-state index contributed by atoms with van der Waals surface area (Å²) >= 11 is 0. The normalized spacial score (nSPS) is 16.6. The number of hydrogen-bond acceptors (Lipinski definition) is 4. The minimum atomic E-state index is -0.557. The molecule has 2 aromatic carbocycles. The molecule has 2 aliphatic rings. The number of nitrogens with one attached hydrogen (secondary N) is 1. The summed E-state index contributed by atoms with van der Waals surface area (Å²) in [7, 11) is 0. The van der Waals surface area contributed by atoms with E-state index in [1.807, 2.05) is 15.9 Å². The van der Waals surface area contributed by atoms with Crippen LogP contribution < -0.4 is 11.2 Å². The second-order valence-corrected chi connectivity index (χ2v) is 8.78. The number of fused-ring (bicyclic) bond motifs is 1. The van der Waals surface area contributed by atoms with Crippen LogP contribution >= 0.6 is 0 Å². The molecule has 0 saturated carbocycles. The SMILES string of the molecule is O=C(c1ccc2c(=O)n(-c3ccccc3)c(=O)[nH]c2c1)N1CCN(C(=O)N2CCCCC2)CC1. The van der Waals surface area contributed by atoms with Crippen LogP contribution in [0.1, 0.15) is 29.6 Å². The molecule has 0 spiro atoms. The highest BCUT2D eigenvalue weighted by atomic mass is 16.2. The van der Waals surface area contributed by atoms with Crippen LogP contribution in [0.3, 0.4) is 0 Å². The first kappa shape index (κ1) is 21.9. The number of carbonyl (C=O) groups is 2. The zero-order valence-electron chi connectivity index (χ0n) is 18.9. The Balaban J connectivity index is 1.33. The van der Waals surface area contributed by atoms with Crippen molar-refractivity contribution >= 4 is 22.8 Å². The van der Waals surface area contributed by atoms with E-state index in [9.17, 15) is 19.2 Å². The quantitative estimate of drug-likeness (QED) is 0.631. The van der Waals surface area contributed by atoms with E-state index >= 15 is 0 Å². The molecule has 0 atom stereocenters. The molecule has 2 saturated heterocycles. The van der Waals surface area contributed by atoms with E-state index in [4.69, 9.17) is 0 Å². The topological polar surface area (TPSA) is 98.7 Å². The van der Waals surface area contributed by atoms with Crippen LogP contribution in [0.5, 0.6) is 0 Å². The Morgan fingerprint density at radius 2 is 1.38 bits per heavy atom. The summed E-state index contributed by atoms with van der Waals surface area (Å²) in [5, 5.41) is 0.331. The number of benzene rings is 2. The van der Waals surface area contributed by atoms with Gasteiger partial charge < -0.3 is 19.7 Å². The van der Waals surface area contributed by atoms with E-state index in [0.717, 1.165) is 30.5 Å². The van der Waals surface area contributed by atoms with Gasteiger partial charge in [0.1, 0.15) is 0 Å². The van der Waals surface area contributed by atoms with E-state index in [-0.39, 0.29) is 11.9 Å². The fourth-order valence-electron chi connectivity index (χ4n) is 4.73. The van der Waals surface area contributed by atoms with Crippen LogP contribution in [0, 0.1) is 0 Å². The van der Waals surface area contributed by atoms with Crippen molar-refractivity contribution in [3.8, 4) is 5.69 Å². The van der Waals surface area contributed by atoms with Crippen molar-refractivity contribution in [3.63, 3.8) is 0 Å². The molecule has 3 heterocycles. The Bertz CT molecular complexity index is 1330. The predicted molar refractivity (Wildman–Crippen MR) is 128 cm³/mol.